The molecule has 36 heavy (non-hydrogen) atoms. The number of carbonyl (C=O) groups is 3. The Bertz CT molecular complexity index is 913. The monoisotopic (exact) mass is 493 g/mol. The van der Waals surface area contributed by atoms with Crippen LogP contribution in [0, 0.1) is 0 Å². The average molecular weight is 494 g/mol. The summed E-state index contributed by atoms with van der Waals surface area (Å²) in [5.74, 6) is -1.88. The van der Waals surface area contributed by atoms with E-state index in [1.54, 1.807) is 0 Å². The fourth-order valence-corrected chi connectivity index (χ4v) is 2.89. The molecule has 0 spiro atoms. The van der Waals surface area contributed by atoms with E-state index in [2.05, 4.69) is 0 Å². The van der Waals surface area contributed by atoms with Crippen LogP contribution in [0.5, 0.6) is 0 Å². The first-order chi connectivity index (χ1) is 17.1. The lowest BCUT2D eigenvalue weighted by Gasteiger charge is -2.06. The summed E-state index contributed by atoms with van der Waals surface area (Å²) in [5, 5.41) is 8.52. The van der Waals surface area contributed by atoms with Crippen molar-refractivity contribution in [3.63, 3.8) is 0 Å². The number of rotatable bonds is 9. The molecule has 3 aromatic rings. The molecule has 0 radical (unpaired) electrons. The Morgan fingerprint density at radius 3 is 1.00 bits per heavy atom. The Morgan fingerprint density at radius 2 is 0.778 bits per heavy atom. The first-order valence-electron chi connectivity index (χ1n) is 11.3. The van der Waals surface area contributed by atoms with Crippen molar-refractivity contribution in [2.75, 3.05) is 0 Å². The molecule has 0 aliphatic rings. The Hall–Kier alpha value is -4.05. The van der Waals surface area contributed by atoms with E-state index < -0.39 is 35.9 Å². The molecule has 0 saturated carbocycles. The number of primary amides is 2. The van der Waals surface area contributed by atoms with E-state index >= 15 is 0 Å². The predicted octanol–water partition coefficient (Wildman–Crippen LogP) is 0.724. The Morgan fingerprint density at radius 1 is 0.528 bits per heavy atom. The van der Waals surface area contributed by atoms with Crippen molar-refractivity contribution in [3.8, 4) is 0 Å². The molecular formula is C27H35N5O4. The Labute approximate surface area is 211 Å². The minimum atomic E-state index is -0.959. The summed E-state index contributed by atoms with van der Waals surface area (Å²) in [4.78, 5) is 31.6. The third-order valence-corrected chi connectivity index (χ3v) is 4.94. The van der Waals surface area contributed by atoms with Crippen molar-refractivity contribution >= 4 is 17.8 Å². The van der Waals surface area contributed by atoms with Crippen molar-refractivity contribution in [1.82, 2.24) is 0 Å². The SMILES string of the molecule is NC(=O)[C@@H](N)Cc1ccccc1.NC(=O)[C@@H](N)Cc1ccccc1.N[C@H](Cc1ccccc1)C(=O)O. The van der Waals surface area contributed by atoms with E-state index in [-0.39, 0.29) is 0 Å². The number of carboxylic acid groups (broad SMARTS) is 1. The van der Waals surface area contributed by atoms with Crippen molar-refractivity contribution < 1.29 is 19.5 Å². The first kappa shape index (κ1) is 30.0. The lowest BCUT2D eigenvalue weighted by Crippen LogP contribution is -2.38. The summed E-state index contributed by atoms with van der Waals surface area (Å²) >= 11 is 0. The maximum atomic E-state index is 10.6. The van der Waals surface area contributed by atoms with Gasteiger partial charge in [-0.05, 0) is 36.0 Å². The molecule has 0 fully saturated rings. The first-order valence-corrected chi connectivity index (χ1v) is 11.3. The van der Waals surface area contributed by atoms with Crippen LogP contribution in [0.1, 0.15) is 16.7 Å². The molecule has 3 atom stereocenters. The van der Waals surface area contributed by atoms with Gasteiger partial charge in [-0.25, -0.2) is 0 Å². The summed E-state index contributed by atoms with van der Waals surface area (Å²) in [7, 11) is 0. The van der Waals surface area contributed by atoms with Gasteiger partial charge in [0.2, 0.25) is 11.8 Å². The van der Waals surface area contributed by atoms with Crippen molar-refractivity contribution in [2.24, 2.45) is 28.7 Å². The van der Waals surface area contributed by atoms with Gasteiger partial charge in [0, 0.05) is 0 Å². The molecule has 9 heteroatoms. The molecule has 3 rings (SSSR count). The number of hydrogen-bond acceptors (Lipinski definition) is 6. The van der Waals surface area contributed by atoms with Crippen LogP contribution in [0.2, 0.25) is 0 Å². The topological polar surface area (TPSA) is 202 Å². The van der Waals surface area contributed by atoms with Gasteiger partial charge >= 0.3 is 5.97 Å². The third-order valence-electron chi connectivity index (χ3n) is 4.94. The van der Waals surface area contributed by atoms with Crippen LogP contribution in [0.4, 0.5) is 0 Å². The third kappa shape index (κ3) is 13.0. The van der Waals surface area contributed by atoms with Gasteiger partial charge in [0.25, 0.3) is 0 Å². The highest BCUT2D eigenvalue weighted by Crippen LogP contribution is 2.02. The summed E-state index contributed by atoms with van der Waals surface area (Å²) in [5.41, 5.74) is 29.4. The quantitative estimate of drug-likeness (QED) is 0.252. The van der Waals surface area contributed by atoms with Gasteiger partial charge in [-0.15, -0.1) is 0 Å². The number of carbonyl (C=O) groups excluding carboxylic acids is 2. The number of carboxylic acids is 1. The van der Waals surface area contributed by atoms with Crippen molar-refractivity contribution in [2.45, 2.75) is 37.4 Å². The number of amides is 2. The molecule has 0 aliphatic carbocycles. The Kier molecular flexibility index (Phi) is 13.8. The van der Waals surface area contributed by atoms with Gasteiger partial charge in [0.15, 0.2) is 0 Å². The molecule has 0 saturated heterocycles. The normalized spacial score (nSPS) is 12.4. The maximum absolute atomic E-state index is 10.6. The molecule has 0 unspecified atom stereocenters. The fraction of sp³-hybridized carbons (Fsp3) is 0.222. The zero-order valence-electron chi connectivity index (χ0n) is 20.1. The van der Waals surface area contributed by atoms with Gasteiger partial charge in [-0.2, -0.15) is 0 Å². The summed E-state index contributed by atoms with van der Waals surface area (Å²) in [6.45, 7) is 0. The highest BCUT2D eigenvalue weighted by molar-refractivity contribution is 5.80. The summed E-state index contributed by atoms with van der Waals surface area (Å²) < 4.78 is 0. The largest absolute Gasteiger partial charge is 0.480 e. The molecule has 9 nitrogen and oxygen atoms in total. The molecule has 3 aromatic carbocycles. The zero-order chi connectivity index (χ0) is 26.9. The van der Waals surface area contributed by atoms with Crippen molar-refractivity contribution in [3.05, 3.63) is 108 Å². The molecule has 2 amide bonds. The molecule has 192 valence electrons. The highest BCUT2D eigenvalue weighted by Gasteiger charge is 2.11. The Balaban J connectivity index is 0.000000270. The molecule has 0 heterocycles. The van der Waals surface area contributed by atoms with Gasteiger partial charge < -0.3 is 33.8 Å². The summed E-state index contributed by atoms with van der Waals surface area (Å²) in [6.07, 6.45) is 1.41. The second kappa shape index (κ2) is 16.6. The van der Waals surface area contributed by atoms with Crippen LogP contribution in [-0.4, -0.2) is 41.0 Å². The van der Waals surface area contributed by atoms with Gasteiger partial charge in [0.05, 0.1) is 12.1 Å². The van der Waals surface area contributed by atoms with Crippen LogP contribution in [0.15, 0.2) is 91.0 Å². The van der Waals surface area contributed by atoms with Gasteiger partial charge in [-0.1, -0.05) is 91.0 Å². The number of benzene rings is 3. The molecular weight excluding hydrogens is 458 g/mol. The lowest BCUT2D eigenvalue weighted by molar-refractivity contribution is -0.138. The van der Waals surface area contributed by atoms with E-state index in [0.29, 0.717) is 19.3 Å². The molecule has 0 aliphatic heterocycles. The van der Waals surface area contributed by atoms with E-state index in [9.17, 15) is 14.4 Å². The van der Waals surface area contributed by atoms with E-state index in [0.717, 1.165) is 16.7 Å². The molecule has 11 N–H and O–H groups in total. The number of aliphatic carboxylic acids is 1. The van der Waals surface area contributed by atoms with Gasteiger partial charge in [0.1, 0.15) is 6.04 Å². The minimum Gasteiger partial charge on any atom is -0.480 e. The van der Waals surface area contributed by atoms with E-state index in [4.69, 9.17) is 33.8 Å². The molecule has 0 aromatic heterocycles. The van der Waals surface area contributed by atoms with Crippen LogP contribution in [0.3, 0.4) is 0 Å². The van der Waals surface area contributed by atoms with E-state index in [1.807, 2.05) is 91.0 Å². The summed E-state index contributed by atoms with van der Waals surface area (Å²) in [6, 6.07) is 26.5. The van der Waals surface area contributed by atoms with Gasteiger partial charge in [-0.3, -0.25) is 14.4 Å². The number of hydrogen-bond donors (Lipinski definition) is 6. The molecule has 0 bridgehead atoms. The van der Waals surface area contributed by atoms with Crippen LogP contribution < -0.4 is 28.7 Å². The van der Waals surface area contributed by atoms with E-state index in [1.165, 1.54) is 0 Å². The zero-order valence-corrected chi connectivity index (χ0v) is 20.1. The smallest absolute Gasteiger partial charge is 0.320 e. The lowest BCUT2D eigenvalue weighted by atomic mass is 10.1. The minimum absolute atomic E-state index is 0.385. The van der Waals surface area contributed by atoms with Crippen LogP contribution in [0.25, 0.3) is 0 Å². The van der Waals surface area contributed by atoms with Crippen molar-refractivity contribution in [1.29, 1.82) is 0 Å². The standard InChI is InChI=1S/2C9H12N2O.C9H11NO2/c3*10-8(9(11)12)6-7-4-2-1-3-5-7/h2*1-5,8H,6,10H2,(H2,11,12);1-5,8H,6,10H2,(H,11,12)/t3*8-/m001/s1. The highest BCUT2D eigenvalue weighted by atomic mass is 16.4. The number of nitrogens with two attached hydrogens (primary N) is 5. The maximum Gasteiger partial charge on any atom is 0.320 e. The predicted molar refractivity (Wildman–Crippen MR) is 140 cm³/mol. The average Bonchev–Trinajstić information content (AvgIpc) is 2.86. The second-order valence-electron chi connectivity index (χ2n) is 8.03. The fourth-order valence-electron chi connectivity index (χ4n) is 2.89. The van der Waals surface area contributed by atoms with Crippen LogP contribution in [-0.2, 0) is 33.6 Å². The van der Waals surface area contributed by atoms with Crippen LogP contribution >= 0.6 is 0 Å². The second-order valence-corrected chi connectivity index (χ2v) is 8.03.